The highest BCUT2D eigenvalue weighted by Crippen LogP contribution is 2.20. The van der Waals surface area contributed by atoms with Gasteiger partial charge in [0.25, 0.3) is 0 Å². The van der Waals surface area contributed by atoms with E-state index in [-0.39, 0.29) is 11.7 Å². The molecule has 0 atom stereocenters. The third-order valence-electron chi connectivity index (χ3n) is 3.63. The van der Waals surface area contributed by atoms with Crippen LogP contribution in [0.2, 0.25) is 0 Å². The third kappa shape index (κ3) is 5.53. The van der Waals surface area contributed by atoms with Crippen molar-refractivity contribution >= 4 is 23.0 Å². The van der Waals surface area contributed by atoms with E-state index in [0.717, 1.165) is 21.6 Å². The van der Waals surface area contributed by atoms with Gasteiger partial charge >= 0.3 is 6.18 Å². The van der Waals surface area contributed by atoms with E-state index in [0.29, 0.717) is 5.69 Å². The highest BCUT2D eigenvalue weighted by molar-refractivity contribution is 7.80. The average Bonchev–Trinajstić information content (AvgIpc) is 2.50. The summed E-state index contributed by atoms with van der Waals surface area (Å²) < 4.78 is 38.7. The molecule has 0 spiro atoms. The van der Waals surface area contributed by atoms with Crippen molar-refractivity contribution in [1.29, 1.82) is 0 Å². The molecule has 0 amide bonds. The minimum atomic E-state index is -4.33. The first-order valence-corrected chi connectivity index (χ1v) is 7.89. The Morgan fingerprint density at radius 3 is 2.29 bits per heavy atom. The van der Waals surface area contributed by atoms with Crippen molar-refractivity contribution in [3.63, 3.8) is 0 Å². The molecule has 6 heteroatoms. The Morgan fingerprint density at radius 1 is 1.04 bits per heavy atom. The molecule has 2 rings (SSSR count). The highest BCUT2D eigenvalue weighted by atomic mass is 32.1. The molecule has 0 unspecified atom stereocenters. The zero-order valence-electron chi connectivity index (χ0n) is 13.5. The molecule has 0 aliphatic carbocycles. The lowest BCUT2D eigenvalue weighted by Gasteiger charge is -2.27. The lowest BCUT2D eigenvalue weighted by molar-refractivity contribution is -0.138. The topological polar surface area (TPSA) is 15.3 Å². The zero-order valence-corrected chi connectivity index (χ0v) is 14.3. The number of alkyl halides is 3. The van der Waals surface area contributed by atoms with E-state index in [1.165, 1.54) is 0 Å². The molecule has 128 valence electrons. The molecule has 0 fully saturated rings. The van der Waals surface area contributed by atoms with Gasteiger partial charge in [-0.2, -0.15) is 13.2 Å². The van der Waals surface area contributed by atoms with Gasteiger partial charge in [0.2, 0.25) is 0 Å². The summed E-state index contributed by atoms with van der Waals surface area (Å²) in [5.41, 5.74) is 3.62. The second-order valence-electron chi connectivity index (χ2n) is 5.69. The minimum Gasteiger partial charge on any atom is -0.336 e. The van der Waals surface area contributed by atoms with Gasteiger partial charge in [-0.05, 0) is 54.9 Å². The largest absolute Gasteiger partial charge is 0.406 e. The predicted octanol–water partition coefficient (Wildman–Crippen LogP) is 5.06. The van der Waals surface area contributed by atoms with E-state index < -0.39 is 12.7 Å². The SMILES string of the molecule is Cc1ccc(NC(=S)N(Cc2ccccc2)CC(F)(F)F)cc1C. The Morgan fingerprint density at radius 2 is 1.71 bits per heavy atom. The Labute approximate surface area is 145 Å². The minimum absolute atomic E-state index is 0.0550. The number of halogens is 3. The number of nitrogens with one attached hydrogen (secondary N) is 1. The quantitative estimate of drug-likeness (QED) is 0.774. The van der Waals surface area contributed by atoms with Crippen LogP contribution < -0.4 is 5.32 Å². The van der Waals surface area contributed by atoms with E-state index in [4.69, 9.17) is 12.2 Å². The monoisotopic (exact) mass is 352 g/mol. The van der Waals surface area contributed by atoms with Crippen LogP contribution in [0.1, 0.15) is 16.7 Å². The number of thiocarbonyl (C=S) groups is 1. The second-order valence-corrected chi connectivity index (χ2v) is 6.07. The molecule has 0 aromatic heterocycles. The Balaban J connectivity index is 2.15. The van der Waals surface area contributed by atoms with Gasteiger partial charge in [-0.3, -0.25) is 0 Å². The molecule has 0 bridgehead atoms. The molecule has 0 aliphatic heterocycles. The van der Waals surface area contributed by atoms with Gasteiger partial charge in [0.05, 0.1) is 0 Å². The van der Waals surface area contributed by atoms with Gasteiger partial charge in [0.1, 0.15) is 6.54 Å². The Bertz CT molecular complexity index is 699. The maximum Gasteiger partial charge on any atom is 0.406 e. The molecule has 0 aliphatic rings. The fraction of sp³-hybridized carbons (Fsp3) is 0.278. The van der Waals surface area contributed by atoms with Gasteiger partial charge < -0.3 is 10.2 Å². The summed E-state index contributed by atoms with van der Waals surface area (Å²) in [5, 5.41) is 2.97. The fourth-order valence-corrected chi connectivity index (χ4v) is 2.49. The molecule has 0 saturated heterocycles. The lowest BCUT2D eigenvalue weighted by atomic mass is 10.1. The van der Waals surface area contributed by atoms with Crippen molar-refractivity contribution in [3.05, 3.63) is 65.2 Å². The number of benzene rings is 2. The Kier molecular flexibility index (Phi) is 5.83. The van der Waals surface area contributed by atoms with Crippen molar-refractivity contribution in [3.8, 4) is 0 Å². The molecule has 0 radical (unpaired) electrons. The molecular weight excluding hydrogens is 333 g/mol. The van der Waals surface area contributed by atoms with Gasteiger partial charge in [0, 0.05) is 12.2 Å². The fourth-order valence-electron chi connectivity index (χ4n) is 2.24. The van der Waals surface area contributed by atoms with Crippen molar-refractivity contribution < 1.29 is 13.2 Å². The van der Waals surface area contributed by atoms with Crippen molar-refractivity contribution in [2.75, 3.05) is 11.9 Å². The number of hydrogen-bond acceptors (Lipinski definition) is 1. The zero-order chi connectivity index (χ0) is 17.7. The number of hydrogen-bond donors (Lipinski definition) is 1. The predicted molar refractivity (Wildman–Crippen MR) is 95.0 cm³/mol. The second kappa shape index (κ2) is 7.66. The van der Waals surface area contributed by atoms with Gasteiger partial charge in [0.15, 0.2) is 5.11 Å². The van der Waals surface area contributed by atoms with Gasteiger partial charge in [-0.25, -0.2) is 0 Å². The van der Waals surface area contributed by atoms with Crippen molar-refractivity contribution in [1.82, 2.24) is 4.90 Å². The maximum atomic E-state index is 12.9. The maximum absolute atomic E-state index is 12.9. The smallest absolute Gasteiger partial charge is 0.336 e. The molecule has 2 aromatic rings. The summed E-state index contributed by atoms with van der Waals surface area (Å²) in [6.45, 7) is 2.92. The molecule has 1 N–H and O–H groups in total. The molecular formula is C18H19F3N2S. The van der Waals surface area contributed by atoms with E-state index in [1.54, 1.807) is 24.3 Å². The summed E-state index contributed by atoms with van der Waals surface area (Å²) in [6.07, 6.45) is -4.33. The van der Waals surface area contributed by atoms with E-state index >= 15 is 0 Å². The van der Waals surface area contributed by atoms with Crippen LogP contribution in [-0.4, -0.2) is 22.7 Å². The van der Waals surface area contributed by atoms with Crippen LogP contribution in [0.3, 0.4) is 0 Å². The molecule has 2 nitrogen and oxygen atoms in total. The van der Waals surface area contributed by atoms with E-state index in [9.17, 15) is 13.2 Å². The van der Waals surface area contributed by atoms with Crippen LogP contribution in [0.4, 0.5) is 18.9 Å². The molecule has 0 saturated carbocycles. The normalized spacial score (nSPS) is 11.2. The van der Waals surface area contributed by atoms with E-state index in [1.807, 2.05) is 38.1 Å². The van der Waals surface area contributed by atoms with E-state index in [2.05, 4.69) is 5.32 Å². The number of aryl methyl sites for hydroxylation is 2. The number of nitrogens with zero attached hydrogens (tertiary/aromatic N) is 1. The van der Waals surface area contributed by atoms with Crippen LogP contribution in [0.15, 0.2) is 48.5 Å². The number of rotatable bonds is 4. The lowest BCUT2D eigenvalue weighted by Crippen LogP contribution is -2.40. The molecule has 0 heterocycles. The summed E-state index contributed by atoms with van der Waals surface area (Å²) >= 11 is 5.22. The van der Waals surface area contributed by atoms with Crippen LogP contribution in [0, 0.1) is 13.8 Å². The summed E-state index contributed by atoms with van der Waals surface area (Å²) in [5.74, 6) is 0. The van der Waals surface area contributed by atoms with Gasteiger partial charge in [-0.15, -0.1) is 0 Å². The van der Waals surface area contributed by atoms with Crippen LogP contribution in [0.5, 0.6) is 0 Å². The first kappa shape index (κ1) is 18.3. The van der Waals surface area contributed by atoms with Gasteiger partial charge in [-0.1, -0.05) is 36.4 Å². The summed E-state index contributed by atoms with van der Waals surface area (Å²) in [7, 11) is 0. The highest BCUT2D eigenvalue weighted by Gasteiger charge is 2.32. The van der Waals surface area contributed by atoms with Crippen LogP contribution in [0.25, 0.3) is 0 Å². The first-order chi connectivity index (χ1) is 11.2. The van der Waals surface area contributed by atoms with Crippen molar-refractivity contribution in [2.24, 2.45) is 0 Å². The molecule has 2 aromatic carbocycles. The molecule has 24 heavy (non-hydrogen) atoms. The summed E-state index contributed by atoms with van der Waals surface area (Å²) in [4.78, 5) is 1.12. The first-order valence-electron chi connectivity index (χ1n) is 7.48. The summed E-state index contributed by atoms with van der Waals surface area (Å²) in [6, 6.07) is 14.6. The van der Waals surface area contributed by atoms with Crippen LogP contribution in [-0.2, 0) is 6.54 Å². The van der Waals surface area contributed by atoms with Crippen LogP contribution >= 0.6 is 12.2 Å². The van der Waals surface area contributed by atoms with Crippen molar-refractivity contribution in [2.45, 2.75) is 26.6 Å². The number of anilines is 1. The average molecular weight is 352 g/mol. The standard InChI is InChI=1S/C18H19F3N2S/c1-13-8-9-16(10-14(13)2)22-17(24)23(12-18(19,20)21)11-15-6-4-3-5-7-15/h3-10H,11-12H2,1-2H3,(H,22,24). The Hall–Kier alpha value is -2.08. The third-order valence-corrected chi connectivity index (χ3v) is 3.99.